The van der Waals surface area contributed by atoms with Gasteiger partial charge in [0, 0.05) is 6.07 Å². The number of ether oxygens (including phenoxy) is 2. The number of nitrogens with one attached hydrogen (secondary N) is 1. The van der Waals surface area contributed by atoms with E-state index in [1.54, 1.807) is 7.11 Å². The topological polar surface area (TPSA) is 50.7 Å². The Balaban J connectivity index is 2.59. The molecule has 0 aliphatic heterocycles. The Hall–Kier alpha value is -1.26. The SMILES string of the molecule is CCNC(C)(CO)COc1cccc(OC)c1. The first-order valence-electron chi connectivity index (χ1n) is 5.76. The number of aliphatic hydroxyl groups excluding tert-OH is 1. The van der Waals surface area contributed by atoms with Gasteiger partial charge in [0.15, 0.2) is 0 Å². The molecule has 0 radical (unpaired) electrons. The molecule has 0 aromatic heterocycles. The maximum atomic E-state index is 9.33. The molecule has 1 unspecified atom stereocenters. The lowest BCUT2D eigenvalue weighted by Gasteiger charge is -2.28. The van der Waals surface area contributed by atoms with Crippen LogP contribution in [0.15, 0.2) is 24.3 Å². The Morgan fingerprint density at radius 2 is 2.06 bits per heavy atom. The van der Waals surface area contributed by atoms with Gasteiger partial charge >= 0.3 is 0 Å². The Kier molecular flexibility index (Phi) is 5.25. The number of benzene rings is 1. The average molecular weight is 239 g/mol. The molecular weight excluding hydrogens is 218 g/mol. The minimum atomic E-state index is -0.419. The van der Waals surface area contributed by atoms with Crippen LogP contribution in [0.4, 0.5) is 0 Å². The van der Waals surface area contributed by atoms with Crippen molar-refractivity contribution in [3.8, 4) is 11.5 Å². The van der Waals surface area contributed by atoms with Crippen LogP contribution in [0.5, 0.6) is 11.5 Å². The maximum absolute atomic E-state index is 9.33. The molecule has 1 aromatic rings. The molecule has 1 atom stereocenters. The molecule has 0 saturated heterocycles. The zero-order valence-electron chi connectivity index (χ0n) is 10.7. The van der Waals surface area contributed by atoms with Gasteiger partial charge < -0.3 is 19.9 Å². The predicted molar refractivity (Wildman–Crippen MR) is 67.7 cm³/mol. The third kappa shape index (κ3) is 4.24. The molecule has 0 bridgehead atoms. The van der Waals surface area contributed by atoms with Crippen molar-refractivity contribution in [3.63, 3.8) is 0 Å². The molecule has 4 heteroatoms. The summed E-state index contributed by atoms with van der Waals surface area (Å²) in [7, 11) is 1.62. The summed E-state index contributed by atoms with van der Waals surface area (Å²) in [5.41, 5.74) is -0.419. The monoisotopic (exact) mass is 239 g/mol. The highest BCUT2D eigenvalue weighted by atomic mass is 16.5. The van der Waals surface area contributed by atoms with Crippen molar-refractivity contribution in [1.82, 2.24) is 5.32 Å². The van der Waals surface area contributed by atoms with Gasteiger partial charge in [-0.1, -0.05) is 13.0 Å². The van der Waals surface area contributed by atoms with Gasteiger partial charge in [-0.2, -0.15) is 0 Å². The molecule has 17 heavy (non-hydrogen) atoms. The molecule has 0 aliphatic carbocycles. The highest BCUT2D eigenvalue weighted by Gasteiger charge is 2.22. The predicted octanol–water partition coefficient (Wildman–Crippen LogP) is 1.43. The Morgan fingerprint density at radius 1 is 1.35 bits per heavy atom. The summed E-state index contributed by atoms with van der Waals surface area (Å²) < 4.78 is 10.8. The van der Waals surface area contributed by atoms with Crippen LogP contribution >= 0.6 is 0 Å². The van der Waals surface area contributed by atoms with Crippen LogP contribution in [-0.2, 0) is 0 Å². The maximum Gasteiger partial charge on any atom is 0.123 e. The van der Waals surface area contributed by atoms with E-state index >= 15 is 0 Å². The van der Waals surface area contributed by atoms with Gasteiger partial charge in [-0.15, -0.1) is 0 Å². The summed E-state index contributed by atoms with van der Waals surface area (Å²) in [5.74, 6) is 1.50. The Morgan fingerprint density at radius 3 is 2.65 bits per heavy atom. The third-order valence-corrected chi connectivity index (χ3v) is 2.55. The van der Waals surface area contributed by atoms with E-state index in [0.29, 0.717) is 6.61 Å². The number of methoxy groups -OCH3 is 1. The molecular formula is C13H21NO3. The lowest BCUT2D eigenvalue weighted by Crippen LogP contribution is -2.50. The second-order valence-electron chi connectivity index (χ2n) is 4.22. The van der Waals surface area contributed by atoms with E-state index in [1.165, 1.54) is 0 Å². The Bertz CT molecular complexity index is 343. The molecule has 96 valence electrons. The van der Waals surface area contributed by atoms with E-state index in [4.69, 9.17) is 9.47 Å². The zero-order chi connectivity index (χ0) is 12.7. The lowest BCUT2D eigenvalue weighted by atomic mass is 10.1. The highest BCUT2D eigenvalue weighted by molar-refractivity contribution is 5.32. The zero-order valence-corrected chi connectivity index (χ0v) is 10.7. The van der Waals surface area contributed by atoms with Crippen molar-refractivity contribution in [3.05, 3.63) is 24.3 Å². The fraction of sp³-hybridized carbons (Fsp3) is 0.538. The van der Waals surface area contributed by atoms with Gasteiger partial charge in [-0.05, 0) is 25.6 Å². The van der Waals surface area contributed by atoms with Crippen LogP contribution in [-0.4, -0.2) is 37.5 Å². The number of hydrogen-bond acceptors (Lipinski definition) is 4. The summed E-state index contributed by atoms with van der Waals surface area (Å²) >= 11 is 0. The molecule has 0 spiro atoms. The van der Waals surface area contributed by atoms with Crippen molar-refractivity contribution in [1.29, 1.82) is 0 Å². The van der Waals surface area contributed by atoms with Crippen LogP contribution in [0.25, 0.3) is 0 Å². The van der Waals surface area contributed by atoms with E-state index in [1.807, 2.05) is 38.1 Å². The first-order chi connectivity index (χ1) is 8.13. The summed E-state index contributed by atoms with van der Waals surface area (Å²) in [5, 5.41) is 12.5. The van der Waals surface area contributed by atoms with Crippen molar-refractivity contribution >= 4 is 0 Å². The molecule has 1 aromatic carbocycles. The van der Waals surface area contributed by atoms with Gasteiger partial charge in [0.1, 0.15) is 18.1 Å². The normalized spacial score (nSPS) is 14.1. The standard InChI is InChI=1S/C13H21NO3/c1-4-14-13(2,9-15)10-17-12-7-5-6-11(8-12)16-3/h5-8,14-15H,4,9-10H2,1-3H3. The van der Waals surface area contributed by atoms with Gasteiger partial charge in [0.05, 0.1) is 19.3 Å². The second-order valence-corrected chi connectivity index (χ2v) is 4.22. The molecule has 0 heterocycles. The molecule has 2 N–H and O–H groups in total. The lowest BCUT2D eigenvalue weighted by molar-refractivity contribution is 0.117. The second kappa shape index (κ2) is 6.47. The van der Waals surface area contributed by atoms with Gasteiger partial charge in [0.25, 0.3) is 0 Å². The van der Waals surface area contributed by atoms with E-state index in [-0.39, 0.29) is 6.61 Å². The minimum Gasteiger partial charge on any atom is -0.497 e. The number of aliphatic hydroxyl groups is 1. The van der Waals surface area contributed by atoms with Crippen LogP contribution in [0, 0.1) is 0 Å². The van der Waals surface area contributed by atoms with E-state index in [2.05, 4.69) is 5.32 Å². The van der Waals surface area contributed by atoms with Crippen LogP contribution in [0.3, 0.4) is 0 Å². The van der Waals surface area contributed by atoms with E-state index in [0.717, 1.165) is 18.0 Å². The van der Waals surface area contributed by atoms with Crippen molar-refractivity contribution in [2.75, 3.05) is 26.9 Å². The van der Waals surface area contributed by atoms with Crippen molar-refractivity contribution in [2.45, 2.75) is 19.4 Å². The average Bonchev–Trinajstić information content (AvgIpc) is 2.37. The van der Waals surface area contributed by atoms with Gasteiger partial charge in [-0.3, -0.25) is 0 Å². The van der Waals surface area contributed by atoms with E-state index in [9.17, 15) is 5.11 Å². The molecule has 1 rings (SSSR count). The highest BCUT2D eigenvalue weighted by Crippen LogP contribution is 2.19. The van der Waals surface area contributed by atoms with Gasteiger partial charge in [0.2, 0.25) is 0 Å². The van der Waals surface area contributed by atoms with E-state index < -0.39 is 5.54 Å². The molecule has 0 aliphatic rings. The Labute approximate surface area is 103 Å². The molecule has 0 amide bonds. The fourth-order valence-electron chi connectivity index (χ4n) is 1.51. The molecule has 0 saturated carbocycles. The minimum absolute atomic E-state index is 0.0325. The van der Waals surface area contributed by atoms with Crippen molar-refractivity contribution < 1.29 is 14.6 Å². The van der Waals surface area contributed by atoms with Gasteiger partial charge in [-0.25, -0.2) is 0 Å². The first kappa shape index (κ1) is 13.8. The number of likely N-dealkylation sites (N-methyl/N-ethyl adjacent to an activating group) is 1. The summed E-state index contributed by atoms with van der Waals surface area (Å²) in [4.78, 5) is 0. The largest absolute Gasteiger partial charge is 0.497 e. The van der Waals surface area contributed by atoms with Crippen molar-refractivity contribution in [2.24, 2.45) is 0 Å². The molecule has 4 nitrogen and oxygen atoms in total. The first-order valence-corrected chi connectivity index (χ1v) is 5.76. The van der Waals surface area contributed by atoms with Crippen LogP contribution in [0.1, 0.15) is 13.8 Å². The summed E-state index contributed by atoms with van der Waals surface area (Å²) in [6.45, 7) is 5.16. The number of hydrogen-bond donors (Lipinski definition) is 2. The number of rotatable bonds is 7. The molecule has 0 fully saturated rings. The fourth-order valence-corrected chi connectivity index (χ4v) is 1.51. The quantitative estimate of drug-likeness (QED) is 0.756. The van der Waals surface area contributed by atoms with Crippen LogP contribution in [0.2, 0.25) is 0 Å². The summed E-state index contributed by atoms with van der Waals surface area (Å²) in [6.07, 6.45) is 0. The summed E-state index contributed by atoms with van der Waals surface area (Å²) in [6, 6.07) is 7.43. The van der Waals surface area contributed by atoms with Crippen LogP contribution < -0.4 is 14.8 Å². The smallest absolute Gasteiger partial charge is 0.123 e. The third-order valence-electron chi connectivity index (χ3n) is 2.55.